The molecule has 3 amide bonds. The second kappa shape index (κ2) is 12.0. The minimum Gasteiger partial charge on any atom is -0.497 e. The van der Waals surface area contributed by atoms with Crippen molar-refractivity contribution in [3.05, 3.63) is 64.7 Å². The van der Waals surface area contributed by atoms with Gasteiger partial charge in [-0.3, -0.25) is 19.3 Å². The minimum absolute atomic E-state index is 0.00144. The molecule has 0 radical (unpaired) electrons. The van der Waals surface area contributed by atoms with E-state index < -0.39 is 17.9 Å². The number of methoxy groups -OCH3 is 2. The zero-order chi connectivity index (χ0) is 27.2. The van der Waals surface area contributed by atoms with Gasteiger partial charge in [-0.05, 0) is 54.2 Å². The SMILES string of the molecule is COc1ccc([C@@H](C(=O)NC2CCCCC2)N(C(=O)c2snc(C(N)=O)c2N)c2ccccc2OC)cc1. The third-order valence-corrected chi connectivity index (χ3v) is 7.46. The van der Waals surface area contributed by atoms with Gasteiger partial charge in [-0.15, -0.1) is 0 Å². The zero-order valence-electron chi connectivity index (χ0n) is 21.3. The fourth-order valence-electron chi connectivity index (χ4n) is 4.66. The van der Waals surface area contributed by atoms with Gasteiger partial charge in [0.2, 0.25) is 5.91 Å². The number of nitrogen functional groups attached to an aromatic ring is 1. The van der Waals surface area contributed by atoms with Crippen LogP contribution in [0.15, 0.2) is 48.5 Å². The largest absolute Gasteiger partial charge is 0.497 e. The Morgan fingerprint density at radius 2 is 1.71 bits per heavy atom. The number of nitrogens with two attached hydrogens (primary N) is 2. The number of nitrogens with zero attached hydrogens (tertiary/aromatic N) is 2. The van der Waals surface area contributed by atoms with E-state index in [1.165, 1.54) is 12.0 Å². The Labute approximate surface area is 225 Å². The van der Waals surface area contributed by atoms with Gasteiger partial charge in [-0.2, -0.15) is 4.37 Å². The molecule has 2 aromatic carbocycles. The molecule has 3 aromatic rings. The molecule has 4 rings (SSSR count). The van der Waals surface area contributed by atoms with E-state index in [1.807, 2.05) is 0 Å². The van der Waals surface area contributed by atoms with Crippen molar-refractivity contribution in [3.63, 3.8) is 0 Å². The number of nitrogens with one attached hydrogen (secondary N) is 1. The summed E-state index contributed by atoms with van der Waals surface area (Å²) in [5, 5.41) is 3.16. The molecule has 1 heterocycles. The van der Waals surface area contributed by atoms with Gasteiger partial charge in [0.1, 0.15) is 22.4 Å². The van der Waals surface area contributed by atoms with Gasteiger partial charge >= 0.3 is 0 Å². The van der Waals surface area contributed by atoms with Crippen molar-refractivity contribution < 1.29 is 23.9 Å². The van der Waals surface area contributed by atoms with E-state index in [0.29, 0.717) is 22.7 Å². The first-order chi connectivity index (χ1) is 18.3. The van der Waals surface area contributed by atoms with Crippen LogP contribution in [0.4, 0.5) is 11.4 Å². The summed E-state index contributed by atoms with van der Waals surface area (Å²) in [5.41, 5.74) is 12.1. The van der Waals surface area contributed by atoms with Crippen molar-refractivity contribution in [3.8, 4) is 11.5 Å². The molecule has 1 atom stereocenters. The summed E-state index contributed by atoms with van der Waals surface area (Å²) >= 11 is 0.756. The van der Waals surface area contributed by atoms with Crippen LogP contribution >= 0.6 is 11.5 Å². The number of hydrogen-bond donors (Lipinski definition) is 3. The summed E-state index contributed by atoms with van der Waals surface area (Å²) in [6.45, 7) is 0. The molecular weight excluding hydrogens is 506 g/mol. The monoisotopic (exact) mass is 537 g/mol. The van der Waals surface area contributed by atoms with Gasteiger partial charge in [0.25, 0.3) is 11.8 Å². The molecule has 0 spiro atoms. The predicted molar refractivity (Wildman–Crippen MR) is 146 cm³/mol. The lowest BCUT2D eigenvalue weighted by molar-refractivity contribution is -0.123. The molecule has 0 bridgehead atoms. The number of anilines is 2. The van der Waals surface area contributed by atoms with Crippen LogP contribution in [0.3, 0.4) is 0 Å². The molecule has 1 aliphatic carbocycles. The smallest absolute Gasteiger partial charge is 0.273 e. The predicted octanol–water partition coefficient (Wildman–Crippen LogP) is 3.68. The van der Waals surface area contributed by atoms with Crippen LogP contribution < -0.4 is 31.2 Å². The van der Waals surface area contributed by atoms with Crippen molar-refractivity contribution in [1.82, 2.24) is 9.69 Å². The zero-order valence-corrected chi connectivity index (χ0v) is 22.1. The van der Waals surface area contributed by atoms with Crippen molar-refractivity contribution in [2.45, 2.75) is 44.2 Å². The van der Waals surface area contributed by atoms with Gasteiger partial charge in [-0.1, -0.05) is 43.5 Å². The topological polar surface area (TPSA) is 150 Å². The summed E-state index contributed by atoms with van der Waals surface area (Å²) in [7, 11) is 3.04. The molecule has 0 unspecified atom stereocenters. The Morgan fingerprint density at radius 1 is 1.03 bits per heavy atom. The van der Waals surface area contributed by atoms with E-state index in [0.717, 1.165) is 43.6 Å². The van der Waals surface area contributed by atoms with Crippen molar-refractivity contribution in [1.29, 1.82) is 0 Å². The average molecular weight is 538 g/mol. The lowest BCUT2D eigenvalue weighted by Gasteiger charge is -2.34. The van der Waals surface area contributed by atoms with E-state index >= 15 is 0 Å². The maximum absolute atomic E-state index is 14.2. The van der Waals surface area contributed by atoms with Crippen LogP contribution in [0.25, 0.3) is 0 Å². The highest BCUT2D eigenvalue weighted by molar-refractivity contribution is 7.09. The molecule has 1 fully saturated rings. The molecule has 1 aromatic heterocycles. The van der Waals surface area contributed by atoms with E-state index in [9.17, 15) is 14.4 Å². The number of aromatic nitrogens is 1. The van der Waals surface area contributed by atoms with Gasteiger partial charge in [-0.25, -0.2) is 0 Å². The van der Waals surface area contributed by atoms with Gasteiger partial charge in [0, 0.05) is 6.04 Å². The summed E-state index contributed by atoms with van der Waals surface area (Å²) in [4.78, 5) is 41.4. The van der Waals surface area contributed by atoms with Crippen LogP contribution in [0.2, 0.25) is 0 Å². The number of benzene rings is 2. The van der Waals surface area contributed by atoms with E-state index in [-0.39, 0.29) is 28.2 Å². The normalized spacial score (nSPS) is 14.4. The molecule has 1 saturated carbocycles. The van der Waals surface area contributed by atoms with Crippen LogP contribution in [0, 0.1) is 0 Å². The van der Waals surface area contributed by atoms with Crippen LogP contribution in [-0.2, 0) is 4.79 Å². The van der Waals surface area contributed by atoms with Crippen molar-refractivity contribution in [2.24, 2.45) is 5.73 Å². The van der Waals surface area contributed by atoms with Gasteiger partial charge < -0.3 is 26.3 Å². The highest BCUT2D eigenvalue weighted by Crippen LogP contribution is 2.38. The highest BCUT2D eigenvalue weighted by Gasteiger charge is 2.38. The number of hydrogen-bond acceptors (Lipinski definition) is 8. The first-order valence-corrected chi connectivity index (χ1v) is 13.1. The Kier molecular flexibility index (Phi) is 8.47. The van der Waals surface area contributed by atoms with Crippen molar-refractivity contribution >= 4 is 40.6 Å². The maximum Gasteiger partial charge on any atom is 0.273 e. The fraction of sp³-hybridized carbons (Fsp3) is 0.333. The molecule has 200 valence electrons. The summed E-state index contributed by atoms with van der Waals surface area (Å²) < 4.78 is 14.9. The van der Waals surface area contributed by atoms with Crippen LogP contribution in [0.5, 0.6) is 11.5 Å². The second-order valence-electron chi connectivity index (χ2n) is 9.00. The Hall–Kier alpha value is -4.12. The first kappa shape index (κ1) is 26.9. The first-order valence-electron chi connectivity index (χ1n) is 12.3. The molecule has 10 nitrogen and oxygen atoms in total. The number of amides is 3. The average Bonchev–Trinajstić information content (AvgIpc) is 3.33. The number of rotatable bonds is 9. The molecule has 1 aliphatic rings. The molecule has 11 heteroatoms. The quantitative estimate of drug-likeness (QED) is 0.377. The lowest BCUT2D eigenvalue weighted by Crippen LogP contribution is -2.47. The van der Waals surface area contributed by atoms with E-state index in [1.54, 1.807) is 55.6 Å². The Bertz CT molecular complexity index is 1300. The number of carbonyl (C=O) groups is 3. The Morgan fingerprint density at radius 3 is 2.32 bits per heavy atom. The Balaban J connectivity index is 1.87. The highest BCUT2D eigenvalue weighted by atomic mass is 32.1. The van der Waals surface area contributed by atoms with Gasteiger partial charge in [0.15, 0.2) is 5.69 Å². The lowest BCUT2D eigenvalue weighted by atomic mass is 9.94. The molecule has 0 saturated heterocycles. The van der Waals surface area contributed by atoms with Crippen molar-refractivity contribution in [2.75, 3.05) is 24.9 Å². The summed E-state index contributed by atoms with van der Waals surface area (Å²) in [6.07, 6.45) is 4.93. The maximum atomic E-state index is 14.2. The van der Waals surface area contributed by atoms with Crippen LogP contribution in [0.1, 0.15) is 63.9 Å². The number of carbonyl (C=O) groups excluding carboxylic acids is 3. The third kappa shape index (κ3) is 5.57. The fourth-order valence-corrected chi connectivity index (χ4v) is 5.41. The van der Waals surface area contributed by atoms with Gasteiger partial charge in [0.05, 0.1) is 25.6 Å². The number of primary amides is 1. The molecule has 5 N–H and O–H groups in total. The molecule has 0 aliphatic heterocycles. The second-order valence-corrected chi connectivity index (χ2v) is 9.78. The van der Waals surface area contributed by atoms with Crippen LogP contribution in [-0.4, -0.2) is 42.4 Å². The standard InChI is InChI=1S/C27H31N5O5S/c1-36-18-14-12-16(13-15-18)23(26(34)30-17-8-4-3-5-9-17)32(19-10-6-7-11-20(19)37-2)27(35)24-21(28)22(25(29)33)31-38-24/h6-7,10-15,17,23H,3-5,8-9,28H2,1-2H3,(H2,29,33)(H,30,34)/t23-/m0/s1. The number of ether oxygens (including phenoxy) is 2. The summed E-state index contributed by atoms with van der Waals surface area (Å²) in [6, 6.07) is 12.7. The van der Waals surface area contributed by atoms with E-state index in [2.05, 4.69) is 9.69 Å². The third-order valence-electron chi connectivity index (χ3n) is 6.61. The minimum atomic E-state index is -1.09. The molecular formula is C27H31N5O5S. The summed E-state index contributed by atoms with van der Waals surface area (Å²) in [5.74, 6) is -0.823. The molecule has 38 heavy (non-hydrogen) atoms. The number of para-hydroxylation sites is 2. The van der Waals surface area contributed by atoms with E-state index in [4.69, 9.17) is 20.9 Å².